The lowest BCUT2D eigenvalue weighted by Gasteiger charge is -2.00. The number of benzene rings is 1. The van der Waals surface area contributed by atoms with Gasteiger partial charge in [-0.1, -0.05) is 5.16 Å². The van der Waals surface area contributed by atoms with Gasteiger partial charge >= 0.3 is 0 Å². The van der Waals surface area contributed by atoms with Crippen LogP contribution < -0.4 is 0 Å². The summed E-state index contributed by atoms with van der Waals surface area (Å²) in [6.07, 6.45) is 0. The van der Waals surface area contributed by atoms with E-state index in [1.54, 1.807) is 29.5 Å². The quantitative estimate of drug-likeness (QED) is 0.760. The molecule has 0 atom stereocenters. The maximum absolute atomic E-state index is 9.40. The minimum absolute atomic E-state index is 0.225. The fraction of sp³-hybridized carbons (Fsp3) is 0.0769. The van der Waals surface area contributed by atoms with Gasteiger partial charge in [0.25, 0.3) is 5.89 Å². The van der Waals surface area contributed by atoms with Crippen LogP contribution in [-0.2, 0) is 0 Å². The summed E-state index contributed by atoms with van der Waals surface area (Å²) in [6, 6.07) is 6.99. The van der Waals surface area contributed by atoms with Crippen molar-refractivity contribution in [2.24, 2.45) is 0 Å². The summed E-state index contributed by atoms with van der Waals surface area (Å²) in [6.45, 7) is 1.89. The molecule has 0 saturated carbocycles. The summed E-state index contributed by atoms with van der Waals surface area (Å²) in [5, 5.41) is 15.4. The summed E-state index contributed by atoms with van der Waals surface area (Å²) in [5.41, 5.74) is 1.72. The molecule has 0 fully saturated rings. The van der Waals surface area contributed by atoms with Crippen molar-refractivity contribution in [2.45, 2.75) is 6.92 Å². The second-order valence-electron chi connectivity index (χ2n) is 4.05. The number of nitrogens with zero attached hydrogens (tertiary/aromatic N) is 2. The zero-order chi connectivity index (χ0) is 13.4. The van der Waals surface area contributed by atoms with Crippen LogP contribution in [0.1, 0.15) is 5.56 Å². The molecule has 3 aromatic rings. The molecule has 2 aromatic heterocycles. The van der Waals surface area contributed by atoms with E-state index in [1.165, 1.54) is 0 Å². The van der Waals surface area contributed by atoms with Gasteiger partial charge in [-0.15, -0.1) is 11.3 Å². The van der Waals surface area contributed by atoms with Gasteiger partial charge in [0.2, 0.25) is 5.82 Å². The Balaban J connectivity index is 2.01. The van der Waals surface area contributed by atoms with Gasteiger partial charge in [-0.05, 0) is 52.7 Å². The van der Waals surface area contributed by atoms with Crippen molar-refractivity contribution in [3.8, 4) is 27.9 Å². The van der Waals surface area contributed by atoms with Crippen molar-refractivity contribution in [3.63, 3.8) is 0 Å². The van der Waals surface area contributed by atoms with Gasteiger partial charge in [-0.3, -0.25) is 0 Å². The third-order valence-electron chi connectivity index (χ3n) is 2.65. The first kappa shape index (κ1) is 12.4. The number of halogens is 1. The molecule has 0 aliphatic heterocycles. The Bertz CT molecular complexity index is 736. The number of aromatic hydroxyl groups is 1. The van der Waals surface area contributed by atoms with Gasteiger partial charge in [0, 0.05) is 15.4 Å². The van der Waals surface area contributed by atoms with Crippen LogP contribution in [0, 0.1) is 6.92 Å². The molecule has 0 aliphatic rings. The fourth-order valence-electron chi connectivity index (χ4n) is 1.75. The van der Waals surface area contributed by atoms with E-state index in [0.717, 1.165) is 20.5 Å². The van der Waals surface area contributed by atoms with Crippen LogP contribution in [0.2, 0.25) is 0 Å². The Morgan fingerprint density at radius 2 is 2.16 bits per heavy atom. The van der Waals surface area contributed by atoms with E-state index in [4.69, 9.17) is 4.52 Å². The predicted molar refractivity (Wildman–Crippen MR) is 77.1 cm³/mol. The Morgan fingerprint density at radius 3 is 2.84 bits per heavy atom. The molecule has 0 spiro atoms. The van der Waals surface area contributed by atoms with Crippen molar-refractivity contribution in [1.29, 1.82) is 0 Å². The number of aromatic nitrogens is 2. The molecule has 1 N–H and O–H groups in total. The summed E-state index contributed by atoms with van der Waals surface area (Å²) < 4.78 is 6.28. The smallest absolute Gasteiger partial charge is 0.258 e. The highest BCUT2D eigenvalue weighted by atomic mass is 79.9. The van der Waals surface area contributed by atoms with Gasteiger partial charge in [-0.2, -0.15) is 4.98 Å². The summed E-state index contributed by atoms with van der Waals surface area (Å²) >= 11 is 4.94. The minimum atomic E-state index is 0.225. The van der Waals surface area contributed by atoms with E-state index in [1.807, 2.05) is 18.4 Å². The number of phenolic OH excluding ortho intramolecular Hbond substituents is 1. The average molecular weight is 337 g/mol. The molecule has 3 rings (SSSR count). The highest BCUT2D eigenvalue weighted by Crippen LogP contribution is 2.31. The van der Waals surface area contributed by atoms with E-state index in [9.17, 15) is 5.11 Å². The normalized spacial score (nSPS) is 10.8. The summed E-state index contributed by atoms with van der Waals surface area (Å²) in [5.74, 6) is 1.25. The molecule has 0 aliphatic carbocycles. The molecule has 6 heteroatoms. The predicted octanol–water partition coefficient (Wildman–Crippen LogP) is 4.24. The van der Waals surface area contributed by atoms with Crippen LogP contribution in [0.4, 0.5) is 0 Å². The van der Waals surface area contributed by atoms with E-state index in [0.29, 0.717) is 11.7 Å². The zero-order valence-corrected chi connectivity index (χ0v) is 12.3. The van der Waals surface area contributed by atoms with E-state index in [2.05, 4.69) is 26.1 Å². The third kappa shape index (κ3) is 2.41. The van der Waals surface area contributed by atoms with Gasteiger partial charge in [0.15, 0.2) is 0 Å². The largest absolute Gasteiger partial charge is 0.508 e. The van der Waals surface area contributed by atoms with Crippen molar-refractivity contribution < 1.29 is 9.63 Å². The maximum atomic E-state index is 9.40. The number of hydrogen-bond acceptors (Lipinski definition) is 5. The van der Waals surface area contributed by atoms with Crippen LogP contribution >= 0.6 is 27.3 Å². The molecule has 4 nitrogen and oxygen atoms in total. The Morgan fingerprint density at radius 1 is 1.32 bits per heavy atom. The van der Waals surface area contributed by atoms with Crippen molar-refractivity contribution in [1.82, 2.24) is 10.1 Å². The highest BCUT2D eigenvalue weighted by Gasteiger charge is 2.14. The number of aryl methyl sites for hydroxylation is 1. The number of rotatable bonds is 2. The zero-order valence-electron chi connectivity index (χ0n) is 9.92. The molecular formula is C13H9BrN2O2S. The minimum Gasteiger partial charge on any atom is -0.508 e. The molecule has 0 radical (unpaired) electrons. The average Bonchev–Trinajstić information content (AvgIpc) is 2.97. The van der Waals surface area contributed by atoms with Crippen molar-refractivity contribution in [3.05, 3.63) is 39.7 Å². The van der Waals surface area contributed by atoms with Gasteiger partial charge in [-0.25, -0.2) is 0 Å². The molecule has 1 aromatic carbocycles. The SMILES string of the molecule is Cc1cc(O)ccc1-c1nc(-c2cc(Br)cs2)no1. The first-order chi connectivity index (χ1) is 9.13. The fourth-order valence-corrected chi connectivity index (χ4v) is 3.10. The van der Waals surface area contributed by atoms with Crippen molar-refractivity contribution in [2.75, 3.05) is 0 Å². The summed E-state index contributed by atoms with van der Waals surface area (Å²) in [7, 11) is 0. The van der Waals surface area contributed by atoms with Gasteiger partial charge in [0.05, 0.1) is 4.88 Å². The van der Waals surface area contributed by atoms with E-state index in [-0.39, 0.29) is 5.75 Å². The molecule has 19 heavy (non-hydrogen) atoms. The molecule has 0 amide bonds. The van der Waals surface area contributed by atoms with Crippen LogP contribution in [-0.4, -0.2) is 15.2 Å². The van der Waals surface area contributed by atoms with Gasteiger partial charge < -0.3 is 9.63 Å². The molecule has 96 valence electrons. The van der Waals surface area contributed by atoms with Crippen molar-refractivity contribution >= 4 is 27.3 Å². The Kier molecular flexibility index (Phi) is 3.12. The monoisotopic (exact) mass is 336 g/mol. The first-order valence-corrected chi connectivity index (χ1v) is 7.19. The number of hydrogen-bond donors (Lipinski definition) is 1. The van der Waals surface area contributed by atoms with Crippen LogP contribution in [0.25, 0.3) is 22.2 Å². The van der Waals surface area contributed by atoms with E-state index < -0.39 is 0 Å². The molecule has 0 bridgehead atoms. The van der Waals surface area contributed by atoms with Crippen LogP contribution in [0.5, 0.6) is 5.75 Å². The Hall–Kier alpha value is -1.66. The highest BCUT2D eigenvalue weighted by molar-refractivity contribution is 9.10. The van der Waals surface area contributed by atoms with E-state index >= 15 is 0 Å². The van der Waals surface area contributed by atoms with Crippen LogP contribution in [0.15, 0.2) is 38.6 Å². The first-order valence-electron chi connectivity index (χ1n) is 5.51. The molecule has 2 heterocycles. The second-order valence-corrected chi connectivity index (χ2v) is 5.88. The molecule has 0 unspecified atom stereocenters. The lowest BCUT2D eigenvalue weighted by atomic mass is 10.1. The molecular weight excluding hydrogens is 328 g/mol. The standard InChI is InChI=1S/C13H9BrN2O2S/c1-7-4-9(17)2-3-10(7)13-15-12(16-18-13)11-5-8(14)6-19-11/h2-6,17H,1H3. The maximum Gasteiger partial charge on any atom is 0.258 e. The lowest BCUT2D eigenvalue weighted by molar-refractivity contribution is 0.432. The topological polar surface area (TPSA) is 59.2 Å². The van der Waals surface area contributed by atoms with Crippen LogP contribution in [0.3, 0.4) is 0 Å². The third-order valence-corrected chi connectivity index (χ3v) is 4.34. The number of thiophene rings is 1. The molecule has 0 saturated heterocycles. The Labute approximate surface area is 121 Å². The lowest BCUT2D eigenvalue weighted by Crippen LogP contribution is -1.83. The summed E-state index contributed by atoms with van der Waals surface area (Å²) in [4.78, 5) is 5.33. The second kappa shape index (κ2) is 4.79. The van der Waals surface area contributed by atoms with Gasteiger partial charge in [0.1, 0.15) is 5.75 Å². The number of phenols is 1.